The Bertz CT molecular complexity index is 362. The molecule has 3 rings (SSSR count). The summed E-state index contributed by atoms with van der Waals surface area (Å²) in [4.78, 5) is 2.61. The number of rotatable bonds is 2. The van der Waals surface area contributed by atoms with Gasteiger partial charge in [0.2, 0.25) is 0 Å². The standard InChI is InChI=1S/C14H20N2/c1-10(11-5-3-2-4-6-11)16-9-12-7-8-13(16)14(12)15/h2-6,10,12-14H,7-9,15H2,1H3/t10-,12?,13?,14?/m0/s1. The van der Waals surface area contributed by atoms with Gasteiger partial charge in [0, 0.05) is 24.7 Å². The Labute approximate surface area is 97.4 Å². The third-order valence-corrected chi connectivity index (χ3v) is 4.47. The molecule has 1 aromatic carbocycles. The van der Waals surface area contributed by atoms with Crippen molar-refractivity contribution in [3.63, 3.8) is 0 Å². The van der Waals surface area contributed by atoms with Crippen LogP contribution in [0.5, 0.6) is 0 Å². The second-order valence-corrected chi connectivity index (χ2v) is 5.27. The molecule has 2 N–H and O–H groups in total. The summed E-state index contributed by atoms with van der Waals surface area (Å²) in [5, 5.41) is 0. The number of hydrogen-bond donors (Lipinski definition) is 1. The van der Waals surface area contributed by atoms with E-state index in [0.717, 1.165) is 5.92 Å². The number of hydrogen-bond acceptors (Lipinski definition) is 2. The van der Waals surface area contributed by atoms with Crippen molar-refractivity contribution in [3.05, 3.63) is 35.9 Å². The molecule has 0 aromatic heterocycles. The average Bonchev–Trinajstić information content (AvgIpc) is 2.85. The maximum atomic E-state index is 6.25. The molecule has 1 saturated carbocycles. The van der Waals surface area contributed by atoms with E-state index in [2.05, 4.69) is 42.2 Å². The van der Waals surface area contributed by atoms with Gasteiger partial charge in [-0.05, 0) is 31.2 Å². The Hall–Kier alpha value is -0.860. The van der Waals surface area contributed by atoms with Gasteiger partial charge in [0.25, 0.3) is 0 Å². The topological polar surface area (TPSA) is 29.3 Å². The number of benzene rings is 1. The SMILES string of the molecule is C[C@@H](c1ccccc1)N1CC2CCC1C2N. The van der Waals surface area contributed by atoms with Crippen molar-refractivity contribution in [2.24, 2.45) is 11.7 Å². The maximum Gasteiger partial charge on any atom is 0.0323 e. The molecular weight excluding hydrogens is 196 g/mol. The summed E-state index contributed by atoms with van der Waals surface area (Å²) < 4.78 is 0. The van der Waals surface area contributed by atoms with Crippen LogP contribution in [0.1, 0.15) is 31.4 Å². The molecule has 1 aliphatic heterocycles. The molecule has 1 aromatic rings. The molecule has 1 aliphatic carbocycles. The zero-order valence-corrected chi connectivity index (χ0v) is 9.84. The summed E-state index contributed by atoms with van der Waals surface area (Å²) in [7, 11) is 0. The van der Waals surface area contributed by atoms with Gasteiger partial charge in [0.15, 0.2) is 0 Å². The summed E-state index contributed by atoms with van der Waals surface area (Å²) >= 11 is 0. The third-order valence-electron chi connectivity index (χ3n) is 4.47. The van der Waals surface area contributed by atoms with E-state index >= 15 is 0 Å². The zero-order chi connectivity index (χ0) is 11.1. The van der Waals surface area contributed by atoms with Crippen LogP contribution in [0.15, 0.2) is 30.3 Å². The molecule has 0 spiro atoms. The van der Waals surface area contributed by atoms with Crippen molar-refractivity contribution < 1.29 is 0 Å². The Balaban J connectivity index is 1.80. The van der Waals surface area contributed by atoms with Crippen LogP contribution in [-0.4, -0.2) is 23.5 Å². The minimum Gasteiger partial charge on any atom is -0.326 e. The van der Waals surface area contributed by atoms with Crippen LogP contribution in [-0.2, 0) is 0 Å². The van der Waals surface area contributed by atoms with Crippen LogP contribution in [0, 0.1) is 5.92 Å². The van der Waals surface area contributed by atoms with Gasteiger partial charge >= 0.3 is 0 Å². The second kappa shape index (κ2) is 3.86. The van der Waals surface area contributed by atoms with E-state index in [1.165, 1.54) is 24.9 Å². The molecule has 4 atom stereocenters. The number of nitrogens with two attached hydrogens (primary N) is 1. The largest absolute Gasteiger partial charge is 0.326 e. The monoisotopic (exact) mass is 216 g/mol. The third kappa shape index (κ3) is 1.48. The molecule has 16 heavy (non-hydrogen) atoms. The highest BCUT2D eigenvalue weighted by Crippen LogP contribution is 2.41. The van der Waals surface area contributed by atoms with Gasteiger partial charge in [-0.1, -0.05) is 30.3 Å². The van der Waals surface area contributed by atoms with E-state index in [-0.39, 0.29) is 0 Å². The molecule has 0 amide bonds. The average molecular weight is 216 g/mol. The molecule has 2 nitrogen and oxygen atoms in total. The lowest BCUT2D eigenvalue weighted by Crippen LogP contribution is -2.38. The summed E-state index contributed by atoms with van der Waals surface area (Å²) in [6.45, 7) is 3.50. The number of fused-ring (bicyclic) bond motifs is 2. The van der Waals surface area contributed by atoms with E-state index in [0.29, 0.717) is 18.1 Å². The lowest BCUT2D eigenvalue weighted by atomic mass is 10.0. The van der Waals surface area contributed by atoms with Crippen LogP contribution in [0.2, 0.25) is 0 Å². The first-order chi connectivity index (χ1) is 7.77. The normalized spacial score (nSPS) is 35.5. The summed E-state index contributed by atoms with van der Waals surface area (Å²) in [6.07, 6.45) is 2.63. The second-order valence-electron chi connectivity index (χ2n) is 5.27. The first-order valence-corrected chi connectivity index (χ1v) is 6.33. The zero-order valence-electron chi connectivity index (χ0n) is 9.84. The smallest absolute Gasteiger partial charge is 0.0323 e. The highest BCUT2D eigenvalue weighted by Gasteiger charge is 2.46. The van der Waals surface area contributed by atoms with Crippen LogP contribution < -0.4 is 5.73 Å². The first kappa shape index (κ1) is 10.3. The van der Waals surface area contributed by atoms with Gasteiger partial charge in [-0.3, -0.25) is 4.90 Å². The molecule has 3 unspecified atom stereocenters. The van der Waals surface area contributed by atoms with E-state index < -0.39 is 0 Å². The first-order valence-electron chi connectivity index (χ1n) is 6.33. The van der Waals surface area contributed by atoms with Crippen molar-refractivity contribution in [2.45, 2.75) is 37.9 Å². The van der Waals surface area contributed by atoms with Crippen molar-refractivity contribution in [1.29, 1.82) is 0 Å². The van der Waals surface area contributed by atoms with E-state index in [1.807, 2.05) is 0 Å². The Morgan fingerprint density at radius 3 is 2.56 bits per heavy atom. The molecule has 86 valence electrons. The van der Waals surface area contributed by atoms with Gasteiger partial charge in [-0.15, -0.1) is 0 Å². The molecule has 1 saturated heterocycles. The van der Waals surface area contributed by atoms with Gasteiger partial charge in [0.05, 0.1) is 0 Å². The fourth-order valence-corrected chi connectivity index (χ4v) is 3.46. The van der Waals surface area contributed by atoms with Crippen LogP contribution >= 0.6 is 0 Å². The Morgan fingerprint density at radius 1 is 1.25 bits per heavy atom. The van der Waals surface area contributed by atoms with Crippen LogP contribution in [0.25, 0.3) is 0 Å². The number of likely N-dealkylation sites (tertiary alicyclic amines) is 1. The summed E-state index contributed by atoms with van der Waals surface area (Å²) in [5.74, 6) is 0.746. The Kier molecular flexibility index (Phi) is 2.49. The summed E-state index contributed by atoms with van der Waals surface area (Å²) in [6, 6.07) is 12.3. The van der Waals surface area contributed by atoms with E-state index in [4.69, 9.17) is 5.73 Å². The quantitative estimate of drug-likeness (QED) is 0.821. The molecule has 2 bridgehead atoms. The predicted molar refractivity (Wildman–Crippen MR) is 66.1 cm³/mol. The van der Waals surface area contributed by atoms with Gasteiger partial charge in [0.1, 0.15) is 0 Å². The van der Waals surface area contributed by atoms with Crippen molar-refractivity contribution in [1.82, 2.24) is 4.90 Å². The van der Waals surface area contributed by atoms with E-state index in [9.17, 15) is 0 Å². The molecule has 0 radical (unpaired) electrons. The Morgan fingerprint density at radius 2 is 2.00 bits per heavy atom. The van der Waals surface area contributed by atoms with Crippen LogP contribution in [0.4, 0.5) is 0 Å². The fourth-order valence-electron chi connectivity index (χ4n) is 3.46. The molecular formula is C14H20N2. The molecule has 2 aliphatic rings. The lowest BCUT2D eigenvalue weighted by molar-refractivity contribution is 0.158. The van der Waals surface area contributed by atoms with Gasteiger partial charge in [-0.25, -0.2) is 0 Å². The predicted octanol–water partition coefficient (Wildman–Crippen LogP) is 2.17. The fraction of sp³-hybridized carbons (Fsp3) is 0.571. The van der Waals surface area contributed by atoms with E-state index in [1.54, 1.807) is 0 Å². The minimum atomic E-state index is 0.422. The lowest BCUT2D eigenvalue weighted by Gasteiger charge is -2.33. The minimum absolute atomic E-state index is 0.422. The van der Waals surface area contributed by atoms with Gasteiger partial charge in [-0.2, -0.15) is 0 Å². The molecule has 2 fully saturated rings. The maximum absolute atomic E-state index is 6.25. The van der Waals surface area contributed by atoms with Crippen molar-refractivity contribution >= 4 is 0 Å². The van der Waals surface area contributed by atoms with Crippen molar-refractivity contribution in [2.75, 3.05) is 6.54 Å². The summed E-state index contributed by atoms with van der Waals surface area (Å²) in [5.41, 5.74) is 7.67. The molecule has 2 heteroatoms. The van der Waals surface area contributed by atoms with Gasteiger partial charge < -0.3 is 5.73 Å². The van der Waals surface area contributed by atoms with Crippen LogP contribution in [0.3, 0.4) is 0 Å². The number of nitrogens with zero attached hydrogens (tertiary/aromatic N) is 1. The highest BCUT2D eigenvalue weighted by molar-refractivity contribution is 5.20. The van der Waals surface area contributed by atoms with Crippen molar-refractivity contribution in [3.8, 4) is 0 Å². The highest BCUT2D eigenvalue weighted by atomic mass is 15.2. The number of piperidine rings is 1. The molecule has 1 heterocycles.